The van der Waals surface area contributed by atoms with Crippen molar-refractivity contribution in [2.75, 3.05) is 0 Å². The zero-order valence-corrected chi connectivity index (χ0v) is 18.1. The van der Waals surface area contributed by atoms with Gasteiger partial charge in [0.15, 0.2) is 0 Å². The minimum Gasteiger partial charge on any atom is -0.423 e. The van der Waals surface area contributed by atoms with E-state index in [9.17, 15) is 18.5 Å². The molecule has 8 heteroatoms. The molecule has 0 saturated heterocycles. The number of benzene rings is 2. The van der Waals surface area contributed by atoms with Crippen LogP contribution >= 0.6 is 0 Å². The predicted octanol–water partition coefficient (Wildman–Crippen LogP) is 2.44. The van der Waals surface area contributed by atoms with E-state index in [4.69, 9.17) is 4.65 Å². The van der Waals surface area contributed by atoms with Crippen LogP contribution in [0.15, 0.2) is 59.6 Å². The van der Waals surface area contributed by atoms with Crippen LogP contribution in [0.4, 0.5) is 0 Å². The van der Waals surface area contributed by atoms with Gasteiger partial charge in [-0.05, 0) is 52.8 Å². The molecule has 0 amide bonds. The smallest absolute Gasteiger partial charge is 0.423 e. The van der Waals surface area contributed by atoms with Gasteiger partial charge in [-0.15, -0.1) is 0 Å². The largest absolute Gasteiger partial charge is 0.493 e. The van der Waals surface area contributed by atoms with Gasteiger partial charge < -0.3 is 14.8 Å². The lowest BCUT2D eigenvalue weighted by atomic mass is 9.76. The summed E-state index contributed by atoms with van der Waals surface area (Å²) in [6.45, 7) is 8.39. The molecule has 0 saturated carbocycles. The van der Waals surface area contributed by atoms with Crippen molar-refractivity contribution in [3.05, 3.63) is 60.3 Å². The highest BCUT2D eigenvalue weighted by atomic mass is 32.2. The molecule has 0 aliphatic heterocycles. The third-order valence-electron chi connectivity index (χ3n) is 5.43. The van der Waals surface area contributed by atoms with Crippen molar-refractivity contribution >= 4 is 33.5 Å². The fraction of sp³-hybridized carbons (Fsp3) is 0.333. The first kappa shape index (κ1) is 21.6. The van der Waals surface area contributed by atoms with E-state index in [1.54, 1.807) is 76.2 Å². The Morgan fingerprint density at radius 2 is 1.59 bits per heavy atom. The molecule has 6 nitrogen and oxygen atoms in total. The summed E-state index contributed by atoms with van der Waals surface area (Å²) in [6.07, 6.45) is 1.38. The summed E-state index contributed by atoms with van der Waals surface area (Å²) in [5, 5.41) is 21.6. The van der Waals surface area contributed by atoms with E-state index in [2.05, 4.69) is 0 Å². The highest BCUT2D eigenvalue weighted by molar-refractivity contribution is 7.90. The van der Waals surface area contributed by atoms with Crippen molar-refractivity contribution in [1.82, 2.24) is 3.97 Å². The zero-order valence-electron chi connectivity index (χ0n) is 17.2. The molecule has 0 spiro atoms. The van der Waals surface area contributed by atoms with Gasteiger partial charge >= 0.3 is 7.12 Å². The molecule has 29 heavy (non-hydrogen) atoms. The Labute approximate surface area is 171 Å². The average molecular weight is 415 g/mol. The first-order valence-corrected chi connectivity index (χ1v) is 10.8. The summed E-state index contributed by atoms with van der Waals surface area (Å²) in [6, 6.07) is 13.5. The monoisotopic (exact) mass is 415 g/mol. The Morgan fingerprint density at radius 1 is 1.00 bits per heavy atom. The molecule has 0 atom stereocenters. The molecule has 0 radical (unpaired) electrons. The fourth-order valence-electron chi connectivity index (χ4n) is 2.88. The number of fused-ring (bicyclic) bond motifs is 1. The maximum absolute atomic E-state index is 13.2. The van der Waals surface area contributed by atoms with E-state index in [0.717, 1.165) is 9.54 Å². The molecular formula is C21H26BNO5S. The van der Waals surface area contributed by atoms with Gasteiger partial charge in [0.2, 0.25) is 0 Å². The van der Waals surface area contributed by atoms with Gasteiger partial charge in [0, 0.05) is 17.0 Å². The molecule has 3 aromatic rings. The summed E-state index contributed by atoms with van der Waals surface area (Å²) >= 11 is 0. The Balaban J connectivity index is 2.12. The summed E-state index contributed by atoms with van der Waals surface area (Å²) < 4.78 is 33.4. The number of aryl methyl sites for hydroxylation is 1. The van der Waals surface area contributed by atoms with Gasteiger partial charge in [-0.2, -0.15) is 0 Å². The van der Waals surface area contributed by atoms with E-state index < -0.39 is 28.3 Å². The van der Waals surface area contributed by atoms with Crippen molar-refractivity contribution in [1.29, 1.82) is 0 Å². The van der Waals surface area contributed by atoms with Gasteiger partial charge in [0.05, 0.1) is 21.6 Å². The third-order valence-corrected chi connectivity index (χ3v) is 7.12. The number of hydrogen-bond acceptors (Lipinski definition) is 5. The number of aromatic nitrogens is 1. The van der Waals surface area contributed by atoms with Crippen LogP contribution in [0.1, 0.15) is 33.3 Å². The lowest BCUT2D eigenvalue weighted by molar-refractivity contribution is -0.0982. The first-order chi connectivity index (χ1) is 13.3. The lowest BCUT2D eigenvalue weighted by Crippen LogP contribution is -2.53. The minimum absolute atomic E-state index is 0.155. The maximum atomic E-state index is 13.2. The van der Waals surface area contributed by atoms with Crippen molar-refractivity contribution in [3.63, 3.8) is 0 Å². The molecule has 0 bridgehead atoms. The second-order valence-electron chi connectivity index (χ2n) is 8.26. The van der Waals surface area contributed by atoms with Gasteiger partial charge in [-0.3, -0.25) is 0 Å². The van der Waals surface area contributed by atoms with Crippen LogP contribution in [0.5, 0.6) is 0 Å². The molecule has 0 fully saturated rings. The Hall–Kier alpha value is -2.13. The van der Waals surface area contributed by atoms with Crippen LogP contribution in [0.25, 0.3) is 10.9 Å². The van der Waals surface area contributed by atoms with E-state index >= 15 is 0 Å². The number of nitrogens with zero attached hydrogens (tertiary/aromatic N) is 1. The summed E-state index contributed by atoms with van der Waals surface area (Å²) in [5.41, 5.74) is -0.591. The second-order valence-corrected chi connectivity index (χ2v) is 10.1. The summed E-state index contributed by atoms with van der Waals surface area (Å²) in [4.78, 5) is 0.155. The van der Waals surface area contributed by atoms with Gasteiger partial charge in [0.25, 0.3) is 10.0 Å². The van der Waals surface area contributed by atoms with Gasteiger partial charge in [0.1, 0.15) is 0 Å². The Bertz CT molecular complexity index is 1130. The lowest BCUT2D eigenvalue weighted by Gasteiger charge is -2.38. The van der Waals surface area contributed by atoms with Crippen LogP contribution in [-0.4, -0.2) is 40.8 Å². The van der Waals surface area contributed by atoms with Crippen molar-refractivity contribution < 1.29 is 23.2 Å². The summed E-state index contributed by atoms with van der Waals surface area (Å²) in [5.74, 6) is 0. The van der Waals surface area contributed by atoms with Crippen LogP contribution < -0.4 is 5.46 Å². The van der Waals surface area contributed by atoms with E-state index in [0.29, 0.717) is 16.4 Å². The quantitative estimate of drug-likeness (QED) is 0.604. The molecular weight excluding hydrogens is 389 g/mol. The van der Waals surface area contributed by atoms with Crippen molar-refractivity contribution in [2.45, 2.75) is 50.7 Å². The van der Waals surface area contributed by atoms with Crippen molar-refractivity contribution in [2.24, 2.45) is 0 Å². The molecule has 2 N–H and O–H groups in total. The van der Waals surface area contributed by atoms with Crippen LogP contribution in [-0.2, 0) is 14.7 Å². The molecule has 0 aliphatic rings. The standard InChI is InChI=1S/C21H26BNO5S/c1-15-10-12-16(13-11-15)29(26,27)23-14-18(17-8-6-7-9-19(17)23)22(25)28-21(4,5)20(2,3)24/h6-14,24-25H,1-5H3. The van der Waals surface area contributed by atoms with E-state index in [1.165, 1.54) is 6.20 Å². The fourth-order valence-corrected chi connectivity index (χ4v) is 4.26. The Kier molecular flexibility index (Phi) is 5.42. The van der Waals surface area contributed by atoms with Gasteiger partial charge in [-0.1, -0.05) is 35.9 Å². The molecule has 0 aliphatic carbocycles. The highest BCUT2D eigenvalue weighted by Gasteiger charge is 2.40. The third kappa shape index (κ3) is 3.98. The van der Waals surface area contributed by atoms with Crippen LogP contribution in [0.2, 0.25) is 0 Å². The topological polar surface area (TPSA) is 88.8 Å². The molecule has 1 heterocycles. The normalized spacial score (nSPS) is 13.1. The molecule has 1 aromatic heterocycles. The van der Waals surface area contributed by atoms with E-state index in [-0.39, 0.29) is 4.90 Å². The zero-order chi connectivity index (χ0) is 21.6. The van der Waals surface area contributed by atoms with E-state index in [1.807, 2.05) is 6.92 Å². The second kappa shape index (κ2) is 7.29. The average Bonchev–Trinajstić information content (AvgIpc) is 3.01. The number of para-hydroxylation sites is 1. The van der Waals surface area contributed by atoms with Gasteiger partial charge in [-0.25, -0.2) is 12.4 Å². The number of hydrogen-bond donors (Lipinski definition) is 2. The van der Waals surface area contributed by atoms with Crippen LogP contribution in [0, 0.1) is 6.92 Å². The van der Waals surface area contributed by atoms with Crippen LogP contribution in [0.3, 0.4) is 0 Å². The number of rotatable bonds is 6. The maximum Gasteiger partial charge on any atom is 0.493 e. The molecule has 3 rings (SSSR count). The number of aliphatic hydroxyl groups is 1. The van der Waals surface area contributed by atoms with Crippen molar-refractivity contribution in [3.8, 4) is 0 Å². The minimum atomic E-state index is -3.87. The first-order valence-electron chi connectivity index (χ1n) is 9.35. The summed E-state index contributed by atoms with van der Waals surface area (Å²) in [7, 11) is -5.29. The SMILES string of the molecule is Cc1ccc(S(=O)(=O)n2cc(B(O)OC(C)(C)C(C)(C)O)c3ccccc32)cc1. The molecule has 2 aromatic carbocycles. The molecule has 0 unspecified atom stereocenters. The highest BCUT2D eigenvalue weighted by Crippen LogP contribution is 2.27. The Morgan fingerprint density at radius 3 is 2.17 bits per heavy atom. The predicted molar refractivity (Wildman–Crippen MR) is 115 cm³/mol. The molecule has 154 valence electrons.